The Morgan fingerprint density at radius 3 is 2.37 bits per heavy atom. The Bertz CT molecular complexity index is 1250. The Balaban J connectivity index is 1.49. The van der Waals surface area contributed by atoms with E-state index in [4.69, 9.17) is 10.00 Å². The average Bonchev–Trinajstić information content (AvgIpc) is 2.75. The molecular weight excluding hydrogens is 380 g/mol. The fourth-order valence-corrected chi connectivity index (χ4v) is 2.88. The molecule has 4 aromatic rings. The molecule has 0 atom stereocenters. The molecule has 0 unspecified atom stereocenters. The number of phenolic OH excluding ortho intramolecular Hbond substituents is 1. The number of fused-ring (bicyclic) bond motifs is 1. The maximum Gasteiger partial charge on any atom is 0.323 e. The van der Waals surface area contributed by atoms with Gasteiger partial charge in [-0.1, -0.05) is 18.2 Å². The molecule has 3 N–H and O–H groups in total. The standard InChI is InChI=1S/C23H16N4O3/c24-14-15-12-19-20(13-21(15)28)25-11-10-22(19)30-18-8-6-17(7-9-18)27-23(29)26-16-4-2-1-3-5-16/h1-13,28H,(H2,26,27,29). The lowest BCUT2D eigenvalue weighted by atomic mass is 10.1. The lowest BCUT2D eigenvalue weighted by Crippen LogP contribution is -2.19. The fourth-order valence-electron chi connectivity index (χ4n) is 2.88. The number of hydrogen-bond acceptors (Lipinski definition) is 5. The monoisotopic (exact) mass is 396 g/mol. The lowest BCUT2D eigenvalue weighted by Gasteiger charge is -2.11. The number of pyridine rings is 1. The normalized spacial score (nSPS) is 10.2. The van der Waals surface area contributed by atoms with Gasteiger partial charge in [0.05, 0.1) is 11.1 Å². The number of aromatic hydroxyl groups is 1. The molecule has 146 valence electrons. The summed E-state index contributed by atoms with van der Waals surface area (Å²) < 4.78 is 5.93. The molecule has 0 radical (unpaired) electrons. The number of aromatic nitrogens is 1. The number of hydrogen-bond donors (Lipinski definition) is 3. The number of ether oxygens (including phenoxy) is 1. The molecule has 7 nitrogen and oxygen atoms in total. The molecule has 0 bridgehead atoms. The molecule has 0 aliphatic heterocycles. The molecule has 1 aromatic heterocycles. The number of nitrogens with zero attached hydrogens (tertiary/aromatic N) is 2. The van der Waals surface area contributed by atoms with E-state index in [9.17, 15) is 9.90 Å². The van der Waals surface area contributed by atoms with Crippen LogP contribution in [0.5, 0.6) is 17.2 Å². The number of benzene rings is 3. The summed E-state index contributed by atoms with van der Waals surface area (Å²) in [6, 6.07) is 22.3. The van der Waals surface area contributed by atoms with E-state index in [0.29, 0.717) is 33.8 Å². The van der Waals surface area contributed by atoms with Crippen molar-refractivity contribution in [2.75, 3.05) is 10.6 Å². The van der Waals surface area contributed by atoms with Crippen molar-refractivity contribution in [1.82, 2.24) is 4.98 Å². The SMILES string of the molecule is N#Cc1cc2c(Oc3ccc(NC(=O)Nc4ccccc4)cc3)ccnc2cc1O. The average molecular weight is 396 g/mol. The molecule has 0 spiro atoms. The highest BCUT2D eigenvalue weighted by Crippen LogP contribution is 2.32. The van der Waals surface area contributed by atoms with Gasteiger partial charge in [-0.15, -0.1) is 0 Å². The molecule has 30 heavy (non-hydrogen) atoms. The summed E-state index contributed by atoms with van der Waals surface area (Å²) in [5.74, 6) is 0.918. The van der Waals surface area contributed by atoms with Gasteiger partial charge in [-0.2, -0.15) is 5.26 Å². The zero-order valence-electron chi connectivity index (χ0n) is 15.7. The van der Waals surface area contributed by atoms with Gasteiger partial charge in [0, 0.05) is 29.0 Å². The second-order valence-electron chi connectivity index (χ2n) is 6.38. The Morgan fingerprint density at radius 2 is 1.67 bits per heavy atom. The van der Waals surface area contributed by atoms with Gasteiger partial charge in [0.25, 0.3) is 0 Å². The smallest absolute Gasteiger partial charge is 0.323 e. The van der Waals surface area contributed by atoms with Crippen LogP contribution in [0.3, 0.4) is 0 Å². The van der Waals surface area contributed by atoms with Crippen LogP contribution < -0.4 is 15.4 Å². The van der Waals surface area contributed by atoms with E-state index in [2.05, 4.69) is 15.6 Å². The molecule has 0 aliphatic rings. The number of amides is 2. The van der Waals surface area contributed by atoms with Crippen LogP contribution in [0.4, 0.5) is 16.2 Å². The van der Waals surface area contributed by atoms with Gasteiger partial charge in [-0.05, 0) is 48.5 Å². The van der Waals surface area contributed by atoms with E-state index in [1.807, 2.05) is 24.3 Å². The number of carbonyl (C=O) groups is 1. The molecule has 0 saturated carbocycles. The van der Waals surface area contributed by atoms with Gasteiger partial charge in [-0.3, -0.25) is 4.98 Å². The molecule has 1 heterocycles. The summed E-state index contributed by atoms with van der Waals surface area (Å²) in [5.41, 5.74) is 1.96. The van der Waals surface area contributed by atoms with E-state index in [0.717, 1.165) is 0 Å². The predicted molar refractivity (Wildman–Crippen MR) is 114 cm³/mol. The number of rotatable bonds is 4. The Morgan fingerprint density at radius 1 is 0.967 bits per heavy atom. The van der Waals surface area contributed by atoms with E-state index in [1.165, 1.54) is 12.1 Å². The van der Waals surface area contributed by atoms with Crippen LogP contribution in [0.15, 0.2) is 79.0 Å². The van der Waals surface area contributed by atoms with Gasteiger partial charge >= 0.3 is 6.03 Å². The van der Waals surface area contributed by atoms with Crippen molar-refractivity contribution in [3.63, 3.8) is 0 Å². The molecule has 0 aliphatic carbocycles. The van der Waals surface area contributed by atoms with Gasteiger partial charge in [0.2, 0.25) is 0 Å². The number of para-hydroxylation sites is 1. The molecule has 0 fully saturated rings. The Kier molecular flexibility index (Phi) is 5.14. The van der Waals surface area contributed by atoms with E-state index in [-0.39, 0.29) is 17.3 Å². The van der Waals surface area contributed by atoms with Crippen molar-refractivity contribution in [1.29, 1.82) is 5.26 Å². The summed E-state index contributed by atoms with van der Waals surface area (Å²) in [6.07, 6.45) is 1.56. The second-order valence-corrected chi connectivity index (χ2v) is 6.38. The summed E-state index contributed by atoms with van der Waals surface area (Å²) in [5, 5.41) is 25.1. The van der Waals surface area contributed by atoms with E-state index < -0.39 is 0 Å². The van der Waals surface area contributed by atoms with Crippen molar-refractivity contribution in [3.8, 4) is 23.3 Å². The molecule has 0 saturated heterocycles. The van der Waals surface area contributed by atoms with Gasteiger partial charge in [0.1, 0.15) is 23.3 Å². The molecule has 2 amide bonds. The van der Waals surface area contributed by atoms with Crippen LogP contribution in [-0.4, -0.2) is 16.1 Å². The predicted octanol–water partition coefficient (Wildman–Crippen LogP) is 5.25. The first-order valence-corrected chi connectivity index (χ1v) is 9.05. The minimum absolute atomic E-state index is 0.126. The lowest BCUT2D eigenvalue weighted by molar-refractivity contribution is 0.262. The number of carbonyl (C=O) groups excluding carboxylic acids is 1. The minimum Gasteiger partial charge on any atom is -0.506 e. The quantitative estimate of drug-likeness (QED) is 0.437. The number of nitrogens with one attached hydrogen (secondary N) is 2. The first-order chi connectivity index (χ1) is 14.6. The second kappa shape index (κ2) is 8.20. The first-order valence-electron chi connectivity index (χ1n) is 9.05. The number of phenols is 1. The maximum absolute atomic E-state index is 12.1. The maximum atomic E-state index is 12.1. The Hall–Kier alpha value is -4.57. The van der Waals surface area contributed by atoms with Crippen LogP contribution >= 0.6 is 0 Å². The third kappa shape index (κ3) is 4.13. The molecule has 7 heteroatoms. The fraction of sp³-hybridized carbons (Fsp3) is 0. The number of urea groups is 1. The van der Waals surface area contributed by atoms with Crippen molar-refractivity contribution in [2.45, 2.75) is 0 Å². The van der Waals surface area contributed by atoms with Crippen LogP contribution in [0, 0.1) is 11.3 Å². The van der Waals surface area contributed by atoms with E-state index >= 15 is 0 Å². The van der Waals surface area contributed by atoms with Crippen molar-refractivity contribution in [2.24, 2.45) is 0 Å². The third-order valence-electron chi connectivity index (χ3n) is 4.31. The highest BCUT2D eigenvalue weighted by molar-refractivity contribution is 5.99. The number of anilines is 2. The summed E-state index contributed by atoms with van der Waals surface area (Å²) in [7, 11) is 0. The van der Waals surface area contributed by atoms with Crippen molar-refractivity contribution < 1.29 is 14.6 Å². The first kappa shape index (κ1) is 18.8. The molecule has 3 aromatic carbocycles. The number of nitriles is 1. The largest absolute Gasteiger partial charge is 0.506 e. The summed E-state index contributed by atoms with van der Waals surface area (Å²) in [4.78, 5) is 16.3. The van der Waals surface area contributed by atoms with Crippen LogP contribution in [0.2, 0.25) is 0 Å². The van der Waals surface area contributed by atoms with Gasteiger partial charge in [0.15, 0.2) is 0 Å². The summed E-state index contributed by atoms with van der Waals surface area (Å²) in [6.45, 7) is 0. The van der Waals surface area contributed by atoms with Crippen LogP contribution in [0.25, 0.3) is 10.9 Å². The van der Waals surface area contributed by atoms with Crippen LogP contribution in [0.1, 0.15) is 5.56 Å². The minimum atomic E-state index is -0.348. The third-order valence-corrected chi connectivity index (χ3v) is 4.31. The van der Waals surface area contributed by atoms with Crippen molar-refractivity contribution >= 4 is 28.3 Å². The van der Waals surface area contributed by atoms with Crippen LogP contribution in [-0.2, 0) is 0 Å². The Labute approximate surface area is 172 Å². The highest BCUT2D eigenvalue weighted by Gasteiger charge is 2.10. The van der Waals surface area contributed by atoms with Crippen molar-refractivity contribution in [3.05, 3.63) is 84.6 Å². The molecular formula is C23H16N4O3. The van der Waals surface area contributed by atoms with Gasteiger partial charge < -0.3 is 20.5 Å². The zero-order chi connectivity index (χ0) is 20.9. The topological polar surface area (TPSA) is 107 Å². The summed E-state index contributed by atoms with van der Waals surface area (Å²) >= 11 is 0. The van der Waals surface area contributed by atoms with E-state index in [1.54, 1.807) is 48.7 Å². The van der Waals surface area contributed by atoms with Gasteiger partial charge in [-0.25, -0.2) is 4.79 Å². The molecule has 4 rings (SSSR count). The highest BCUT2D eigenvalue weighted by atomic mass is 16.5. The zero-order valence-corrected chi connectivity index (χ0v) is 15.7.